The van der Waals surface area contributed by atoms with Crippen LogP contribution in [0.15, 0.2) is 18.2 Å². The van der Waals surface area contributed by atoms with Crippen molar-refractivity contribution in [2.75, 3.05) is 26.2 Å². The van der Waals surface area contributed by atoms with Gasteiger partial charge in [0.2, 0.25) is 0 Å². The van der Waals surface area contributed by atoms with Crippen LogP contribution in [-0.2, 0) is 6.42 Å². The van der Waals surface area contributed by atoms with E-state index in [0.717, 1.165) is 30.5 Å². The number of piperidine rings is 3. The van der Waals surface area contributed by atoms with E-state index in [9.17, 15) is 9.90 Å². The monoisotopic (exact) mass is 312 g/mol. The second kappa shape index (κ2) is 5.05. The van der Waals surface area contributed by atoms with Gasteiger partial charge in [-0.15, -0.1) is 0 Å². The SMILES string of the molecule is O=C1c2cccc3c2[C@@H](CN1C1CN2CCC1CC2)C(O)CC3. The molecule has 0 saturated carbocycles. The summed E-state index contributed by atoms with van der Waals surface area (Å²) in [6, 6.07) is 6.46. The smallest absolute Gasteiger partial charge is 0.254 e. The molecule has 0 aromatic heterocycles. The van der Waals surface area contributed by atoms with Crippen molar-refractivity contribution in [2.45, 2.75) is 43.7 Å². The molecule has 1 amide bonds. The molecule has 5 aliphatic rings. The number of carbonyl (C=O) groups is 1. The Bertz CT molecular complexity index is 651. The number of carbonyl (C=O) groups excluding carboxylic acids is 1. The van der Waals surface area contributed by atoms with E-state index >= 15 is 0 Å². The van der Waals surface area contributed by atoms with Crippen molar-refractivity contribution in [2.24, 2.45) is 5.92 Å². The van der Waals surface area contributed by atoms with Crippen LogP contribution in [0, 0.1) is 5.92 Å². The van der Waals surface area contributed by atoms with Gasteiger partial charge >= 0.3 is 0 Å². The quantitative estimate of drug-likeness (QED) is 0.857. The van der Waals surface area contributed by atoms with Gasteiger partial charge in [0.05, 0.1) is 6.10 Å². The van der Waals surface area contributed by atoms with Crippen LogP contribution >= 0.6 is 0 Å². The van der Waals surface area contributed by atoms with Gasteiger partial charge in [-0.3, -0.25) is 4.79 Å². The first-order valence-electron chi connectivity index (χ1n) is 9.05. The van der Waals surface area contributed by atoms with Crippen molar-refractivity contribution in [3.05, 3.63) is 34.9 Å². The van der Waals surface area contributed by atoms with E-state index < -0.39 is 0 Å². The maximum Gasteiger partial charge on any atom is 0.254 e. The third-order valence-electron chi connectivity index (χ3n) is 6.65. The molecule has 1 aromatic rings. The van der Waals surface area contributed by atoms with Crippen LogP contribution in [0.3, 0.4) is 0 Å². The van der Waals surface area contributed by atoms with E-state index in [4.69, 9.17) is 0 Å². The van der Waals surface area contributed by atoms with Gasteiger partial charge in [-0.25, -0.2) is 0 Å². The summed E-state index contributed by atoms with van der Waals surface area (Å²) in [6.07, 6.45) is 3.85. The third kappa shape index (κ3) is 2.01. The lowest BCUT2D eigenvalue weighted by Gasteiger charge is -2.51. The van der Waals surface area contributed by atoms with Gasteiger partial charge < -0.3 is 14.9 Å². The molecule has 3 atom stereocenters. The Morgan fingerprint density at radius 2 is 1.91 bits per heavy atom. The van der Waals surface area contributed by atoms with E-state index in [2.05, 4.69) is 15.9 Å². The number of hydrogen-bond acceptors (Lipinski definition) is 3. The molecule has 4 nitrogen and oxygen atoms in total. The first kappa shape index (κ1) is 14.0. The first-order chi connectivity index (χ1) is 11.2. The maximum atomic E-state index is 13.2. The van der Waals surface area contributed by atoms with Gasteiger partial charge in [0.1, 0.15) is 0 Å². The average molecular weight is 312 g/mol. The summed E-state index contributed by atoms with van der Waals surface area (Å²) >= 11 is 0. The summed E-state index contributed by atoms with van der Waals surface area (Å²) < 4.78 is 0. The highest BCUT2D eigenvalue weighted by molar-refractivity contribution is 5.98. The zero-order chi connectivity index (χ0) is 15.6. The number of benzene rings is 1. The van der Waals surface area contributed by atoms with Crippen molar-refractivity contribution >= 4 is 5.91 Å². The van der Waals surface area contributed by atoms with Gasteiger partial charge in [0, 0.05) is 30.6 Å². The van der Waals surface area contributed by atoms with Crippen LogP contribution in [0.5, 0.6) is 0 Å². The van der Waals surface area contributed by atoms with Gasteiger partial charge in [0.15, 0.2) is 0 Å². The van der Waals surface area contributed by atoms with Crippen molar-refractivity contribution in [3.63, 3.8) is 0 Å². The van der Waals surface area contributed by atoms with Crippen LogP contribution in [0.2, 0.25) is 0 Å². The Hall–Kier alpha value is -1.39. The molecular weight excluding hydrogens is 288 g/mol. The molecule has 0 spiro atoms. The molecule has 1 aliphatic carbocycles. The number of aliphatic hydroxyl groups excluding tert-OH is 1. The predicted molar refractivity (Wildman–Crippen MR) is 87.5 cm³/mol. The minimum absolute atomic E-state index is 0.114. The summed E-state index contributed by atoms with van der Waals surface area (Å²) in [5.41, 5.74) is 3.28. The lowest BCUT2D eigenvalue weighted by atomic mass is 9.74. The maximum absolute atomic E-state index is 13.2. The molecule has 0 radical (unpaired) electrons. The normalized spacial score (nSPS) is 38.6. The summed E-state index contributed by atoms with van der Waals surface area (Å²) in [7, 11) is 0. The minimum atomic E-state index is -0.305. The lowest BCUT2D eigenvalue weighted by molar-refractivity contribution is -0.00528. The number of aryl methyl sites for hydroxylation is 1. The lowest BCUT2D eigenvalue weighted by Crippen LogP contribution is -2.61. The van der Waals surface area contributed by atoms with E-state index in [0.29, 0.717) is 18.5 Å². The van der Waals surface area contributed by atoms with Crippen LogP contribution in [0.4, 0.5) is 0 Å². The van der Waals surface area contributed by atoms with E-state index in [-0.39, 0.29) is 17.9 Å². The topological polar surface area (TPSA) is 43.8 Å². The van der Waals surface area contributed by atoms with Crippen molar-refractivity contribution in [1.29, 1.82) is 0 Å². The van der Waals surface area contributed by atoms with Gasteiger partial charge in [-0.2, -0.15) is 0 Å². The van der Waals surface area contributed by atoms with Crippen molar-refractivity contribution < 1.29 is 9.90 Å². The summed E-state index contributed by atoms with van der Waals surface area (Å²) in [6.45, 7) is 4.11. The minimum Gasteiger partial charge on any atom is -0.392 e. The zero-order valence-electron chi connectivity index (χ0n) is 13.4. The zero-order valence-corrected chi connectivity index (χ0v) is 13.4. The van der Waals surface area contributed by atoms with Gasteiger partial charge in [-0.05, 0) is 61.9 Å². The highest BCUT2D eigenvalue weighted by Gasteiger charge is 2.45. The Morgan fingerprint density at radius 3 is 2.65 bits per heavy atom. The van der Waals surface area contributed by atoms with Crippen LogP contribution in [0.25, 0.3) is 0 Å². The highest BCUT2D eigenvalue weighted by atomic mass is 16.3. The fraction of sp³-hybridized carbons (Fsp3) is 0.632. The van der Waals surface area contributed by atoms with E-state index in [1.165, 1.54) is 31.5 Å². The number of hydrogen-bond donors (Lipinski definition) is 1. The molecule has 6 rings (SSSR count). The molecule has 3 fully saturated rings. The van der Waals surface area contributed by atoms with Gasteiger partial charge in [-0.1, -0.05) is 12.1 Å². The number of rotatable bonds is 1. The molecule has 4 heterocycles. The number of amides is 1. The second-order valence-corrected chi connectivity index (χ2v) is 7.75. The number of aliphatic hydroxyl groups is 1. The number of fused-ring (bicyclic) bond motifs is 3. The predicted octanol–water partition coefficient (Wildman–Crippen LogP) is 1.63. The van der Waals surface area contributed by atoms with Crippen LogP contribution < -0.4 is 0 Å². The summed E-state index contributed by atoms with van der Waals surface area (Å²) in [4.78, 5) is 17.8. The third-order valence-corrected chi connectivity index (χ3v) is 6.65. The second-order valence-electron chi connectivity index (χ2n) is 7.75. The molecule has 2 bridgehead atoms. The fourth-order valence-corrected chi connectivity index (χ4v) is 5.39. The molecule has 2 unspecified atom stereocenters. The van der Waals surface area contributed by atoms with E-state index in [1.807, 2.05) is 12.1 Å². The Balaban J connectivity index is 1.55. The average Bonchev–Trinajstić information content (AvgIpc) is 2.61. The molecule has 1 N–H and O–H groups in total. The molecular formula is C19H24N2O2. The van der Waals surface area contributed by atoms with Crippen molar-refractivity contribution in [3.8, 4) is 0 Å². The molecule has 23 heavy (non-hydrogen) atoms. The van der Waals surface area contributed by atoms with Crippen molar-refractivity contribution in [1.82, 2.24) is 9.80 Å². The molecule has 4 aliphatic heterocycles. The van der Waals surface area contributed by atoms with Crippen LogP contribution in [0.1, 0.15) is 46.7 Å². The first-order valence-corrected chi connectivity index (χ1v) is 9.05. The van der Waals surface area contributed by atoms with E-state index in [1.54, 1.807) is 0 Å². The summed E-state index contributed by atoms with van der Waals surface area (Å²) in [5.74, 6) is 0.962. The standard InChI is InChI=1S/C19H24N2O2/c22-17-5-4-13-2-1-3-14-18(13)15(17)10-21(19(14)23)16-11-20-8-6-12(16)7-9-20/h1-3,12,15-17,22H,4-11H2/t15-,16?,17?/m0/s1. The largest absolute Gasteiger partial charge is 0.392 e. The molecule has 4 heteroatoms. The molecule has 1 aromatic carbocycles. The fourth-order valence-electron chi connectivity index (χ4n) is 5.39. The molecule has 3 saturated heterocycles. The molecule has 122 valence electrons. The Labute approximate surface area is 137 Å². The highest BCUT2D eigenvalue weighted by Crippen LogP contribution is 2.41. The Kier molecular flexibility index (Phi) is 3.07. The Morgan fingerprint density at radius 1 is 1.09 bits per heavy atom. The number of nitrogens with zero attached hydrogens (tertiary/aromatic N) is 2. The van der Waals surface area contributed by atoms with Gasteiger partial charge in [0.25, 0.3) is 5.91 Å². The summed E-state index contributed by atoms with van der Waals surface area (Å²) in [5, 5.41) is 10.6. The van der Waals surface area contributed by atoms with Crippen LogP contribution in [-0.4, -0.2) is 59.1 Å².